The minimum Gasteiger partial charge on any atom is -0.308 e. The first-order valence-electron chi connectivity index (χ1n) is 7.20. The van der Waals surface area contributed by atoms with Crippen molar-refractivity contribution >= 4 is 0 Å². The van der Waals surface area contributed by atoms with Crippen molar-refractivity contribution in [3.63, 3.8) is 0 Å². The van der Waals surface area contributed by atoms with E-state index in [0.717, 1.165) is 30.5 Å². The van der Waals surface area contributed by atoms with E-state index in [1.165, 1.54) is 24.3 Å². The lowest BCUT2D eigenvalue weighted by atomic mass is 9.76. The third kappa shape index (κ3) is 3.30. The summed E-state index contributed by atoms with van der Waals surface area (Å²) in [4.78, 5) is 0. The second-order valence-electron chi connectivity index (χ2n) is 5.44. The monoisotopic (exact) mass is 285 g/mol. The number of piperidine rings is 1. The van der Waals surface area contributed by atoms with Gasteiger partial charge in [-0.25, -0.2) is 8.78 Å². The zero-order valence-corrected chi connectivity index (χ0v) is 11.7. The summed E-state index contributed by atoms with van der Waals surface area (Å²) in [5.41, 5.74) is 2.13. The molecule has 21 heavy (non-hydrogen) atoms. The van der Waals surface area contributed by atoms with E-state index in [0.29, 0.717) is 5.92 Å². The molecule has 1 atom stereocenters. The zero-order valence-electron chi connectivity index (χ0n) is 11.7. The summed E-state index contributed by atoms with van der Waals surface area (Å²) in [6, 6.07) is 13.2. The normalized spacial score (nSPS) is 16.3. The van der Waals surface area contributed by atoms with Crippen LogP contribution in [0.1, 0.15) is 29.9 Å². The Morgan fingerprint density at radius 3 is 1.86 bits per heavy atom. The van der Waals surface area contributed by atoms with Crippen LogP contribution in [-0.2, 0) is 0 Å². The Balaban J connectivity index is 1.97. The van der Waals surface area contributed by atoms with E-state index in [1.807, 2.05) is 24.3 Å². The topological polar surface area (TPSA) is 12.0 Å². The second-order valence-corrected chi connectivity index (χ2v) is 5.44. The van der Waals surface area contributed by atoms with Crippen molar-refractivity contribution in [2.24, 2.45) is 5.92 Å². The fourth-order valence-electron chi connectivity index (χ4n) is 3.01. The largest absolute Gasteiger partial charge is 0.308 e. The van der Waals surface area contributed by atoms with Gasteiger partial charge in [-0.2, -0.15) is 0 Å². The highest BCUT2D eigenvalue weighted by Gasteiger charge is 2.26. The predicted octanol–water partition coefficient (Wildman–Crippen LogP) is 4.14. The molecule has 2 radical (unpaired) electrons. The van der Waals surface area contributed by atoms with Crippen molar-refractivity contribution in [2.45, 2.75) is 18.8 Å². The van der Waals surface area contributed by atoms with E-state index < -0.39 is 0 Å². The van der Waals surface area contributed by atoms with Gasteiger partial charge in [0, 0.05) is 5.92 Å². The highest BCUT2D eigenvalue weighted by atomic mass is 19.1. The number of benzene rings is 2. The van der Waals surface area contributed by atoms with Gasteiger partial charge in [-0.15, -0.1) is 0 Å². The maximum absolute atomic E-state index is 13.2. The zero-order chi connectivity index (χ0) is 14.7. The lowest BCUT2D eigenvalue weighted by molar-refractivity contribution is 0.374. The van der Waals surface area contributed by atoms with Gasteiger partial charge in [0.25, 0.3) is 0 Å². The van der Waals surface area contributed by atoms with Gasteiger partial charge in [-0.05, 0) is 60.7 Å². The predicted molar refractivity (Wildman–Crippen MR) is 78.6 cm³/mol. The molecule has 1 aliphatic rings. The van der Waals surface area contributed by atoms with Crippen molar-refractivity contribution in [1.82, 2.24) is 5.32 Å². The van der Waals surface area contributed by atoms with Crippen molar-refractivity contribution in [1.29, 1.82) is 0 Å². The first-order chi connectivity index (χ1) is 10.2. The van der Waals surface area contributed by atoms with E-state index >= 15 is 0 Å². The van der Waals surface area contributed by atoms with Gasteiger partial charge in [-0.1, -0.05) is 24.3 Å². The summed E-state index contributed by atoms with van der Waals surface area (Å²) in [6.07, 6.45) is 1.85. The van der Waals surface area contributed by atoms with Crippen molar-refractivity contribution < 1.29 is 8.78 Å². The van der Waals surface area contributed by atoms with Gasteiger partial charge in [0.05, 0.1) is 6.54 Å². The van der Waals surface area contributed by atoms with Crippen LogP contribution in [0.4, 0.5) is 8.78 Å². The van der Waals surface area contributed by atoms with Gasteiger partial charge in [0.15, 0.2) is 0 Å². The lowest BCUT2D eigenvalue weighted by Gasteiger charge is -2.31. The molecule has 0 bridgehead atoms. The molecule has 0 amide bonds. The van der Waals surface area contributed by atoms with Crippen LogP contribution < -0.4 is 5.32 Å². The fraction of sp³-hybridized carbons (Fsp3) is 0.278. The summed E-state index contributed by atoms with van der Waals surface area (Å²) in [7, 11) is 0. The average Bonchev–Trinajstić information content (AvgIpc) is 2.52. The molecule has 3 heteroatoms. The van der Waals surface area contributed by atoms with Crippen molar-refractivity contribution in [2.75, 3.05) is 6.54 Å². The molecule has 0 saturated carbocycles. The van der Waals surface area contributed by atoms with Crippen LogP contribution in [0.3, 0.4) is 0 Å². The molecule has 108 valence electrons. The standard InChI is InChI=1S/C18H17F2N/c19-16-5-1-13(2-6-16)18(15-9-11-21-12-10-15)14-3-7-17(20)8-4-14/h1-8,15,18,21H,9-11H2. The SMILES string of the molecule is Fc1ccc(C(c2ccc(F)cc2)C2C[C]NCC2)cc1. The first-order valence-corrected chi connectivity index (χ1v) is 7.20. The molecule has 2 aromatic carbocycles. The third-order valence-corrected chi connectivity index (χ3v) is 4.06. The van der Waals surface area contributed by atoms with E-state index in [4.69, 9.17) is 0 Å². The number of rotatable bonds is 3. The minimum atomic E-state index is -0.236. The molecular formula is C18H17F2N. The molecule has 0 aliphatic carbocycles. The van der Waals surface area contributed by atoms with E-state index in [9.17, 15) is 8.78 Å². The molecule has 1 saturated heterocycles. The molecule has 1 heterocycles. The third-order valence-electron chi connectivity index (χ3n) is 4.06. The van der Waals surface area contributed by atoms with Crippen LogP contribution in [0.2, 0.25) is 0 Å². The minimum absolute atomic E-state index is 0.140. The Kier molecular flexibility index (Phi) is 4.30. The van der Waals surface area contributed by atoms with E-state index in [-0.39, 0.29) is 17.6 Å². The Morgan fingerprint density at radius 2 is 1.43 bits per heavy atom. The quantitative estimate of drug-likeness (QED) is 0.894. The molecule has 0 spiro atoms. The van der Waals surface area contributed by atoms with Crippen LogP contribution in [0.25, 0.3) is 0 Å². The van der Waals surface area contributed by atoms with Crippen LogP contribution in [0.15, 0.2) is 48.5 Å². The molecule has 1 nitrogen and oxygen atoms in total. The Morgan fingerprint density at radius 1 is 0.905 bits per heavy atom. The average molecular weight is 285 g/mol. The summed E-state index contributed by atoms with van der Waals surface area (Å²) in [6.45, 7) is 4.07. The maximum atomic E-state index is 13.2. The molecular weight excluding hydrogens is 268 g/mol. The fourth-order valence-corrected chi connectivity index (χ4v) is 3.01. The summed E-state index contributed by atoms with van der Waals surface area (Å²) in [5, 5.41) is 3.12. The maximum Gasteiger partial charge on any atom is 0.123 e. The molecule has 3 rings (SSSR count). The lowest BCUT2D eigenvalue weighted by Crippen LogP contribution is -2.28. The second kappa shape index (κ2) is 6.35. The number of halogens is 2. The van der Waals surface area contributed by atoms with E-state index in [2.05, 4.69) is 11.9 Å². The van der Waals surface area contributed by atoms with Gasteiger partial charge < -0.3 is 5.32 Å². The van der Waals surface area contributed by atoms with Gasteiger partial charge in [-0.3, -0.25) is 0 Å². The highest BCUT2D eigenvalue weighted by molar-refractivity contribution is 5.34. The van der Waals surface area contributed by atoms with Crippen LogP contribution >= 0.6 is 0 Å². The number of nitrogens with one attached hydrogen (secondary N) is 1. The van der Waals surface area contributed by atoms with Crippen LogP contribution in [-0.4, -0.2) is 6.54 Å². The summed E-state index contributed by atoms with van der Waals surface area (Å²) < 4.78 is 26.4. The molecule has 0 aromatic heterocycles. The number of hydrogen-bond acceptors (Lipinski definition) is 1. The Bertz CT molecular complexity index is 526. The van der Waals surface area contributed by atoms with Gasteiger partial charge in [0.1, 0.15) is 11.6 Å². The molecule has 1 unspecified atom stereocenters. The molecule has 1 N–H and O–H groups in total. The molecule has 1 aliphatic heterocycles. The first kappa shape index (κ1) is 14.2. The smallest absolute Gasteiger partial charge is 0.123 e. The highest BCUT2D eigenvalue weighted by Crippen LogP contribution is 2.37. The Hall–Kier alpha value is -1.74. The van der Waals surface area contributed by atoms with Gasteiger partial charge >= 0.3 is 0 Å². The van der Waals surface area contributed by atoms with Crippen molar-refractivity contribution in [3.05, 3.63) is 77.8 Å². The van der Waals surface area contributed by atoms with Crippen LogP contribution in [0, 0.1) is 24.1 Å². The Labute approximate surface area is 124 Å². The summed E-state index contributed by atoms with van der Waals surface area (Å²) in [5.74, 6) is 0.0584. The van der Waals surface area contributed by atoms with E-state index in [1.54, 1.807) is 0 Å². The van der Waals surface area contributed by atoms with Crippen molar-refractivity contribution in [3.8, 4) is 0 Å². The van der Waals surface area contributed by atoms with Gasteiger partial charge in [0.2, 0.25) is 0 Å². The molecule has 1 fully saturated rings. The molecule has 2 aromatic rings. The summed E-state index contributed by atoms with van der Waals surface area (Å²) >= 11 is 0. The number of hydrogen-bond donors (Lipinski definition) is 1. The van der Waals surface area contributed by atoms with Crippen LogP contribution in [0.5, 0.6) is 0 Å².